The molecule has 0 bridgehead atoms. The Kier molecular flexibility index (Phi) is 10.6. The SMILES string of the molecule is CCc1ccc(CCNC(=NC)N2CCC(OCC3CCCO3)CC2)cc1.I. The normalized spacial score (nSPS) is 20.9. The summed E-state index contributed by atoms with van der Waals surface area (Å²) >= 11 is 0. The molecule has 2 saturated heterocycles. The van der Waals surface area contributed by atoms with E-state index >= 15 is 0 Å². The maximum atomic E-state index is 6.07. The molecule has 0 radical (unpaired) electrons. The van der Waals surface area contributed by atoms with E-state index < -0.39 is 0 Å². The van der Waals surface area contributed by atoms with Crippen LogP contribution in [-0.2, 0) is 22.3 Å². The zero-order valence-corrected chi connectivity index (χ0v) is 19.7. The molecule has 1 unspecified atom stereocenters. The van der Waals surface area contributed by atoms with E-state index in [4.69, 9.17) is 9.47 Å². The Hall–Kier alpha value is -0.860. The second-order valence-electron chi connectivity index (χ2n) is 7.55. The maximum Gasteiger partial charge on any atom is 0.193 e. The van der Waals surface area contributed by atoms with E-state index in [1.807, 2.05) is 7.05 Å². The van der Waals surface area contributed by atoms with E-state index in [-0.39, 0.29) is 24.0 Å². The van der Waals surface area contributed by atoms with Gasteiger partial charge < -0.3 is 19.7 Å². The summed E-state index contributed by atoms with van der Waals surface area (Å²) in [5, 5.41) is 3.52. The van der Waals surface area contributed by atoms with Crippen molar-refractivity contribution in [3.63, 3.8) is 0 Å². The van der Waals surface area contributed by atoms with Crippen LogP contribution in [0.1, 0.15) is 43.7 Å². The van der Waals surface area contributed by atoms with Gasteiger partial charge in [-0.2, -0.15) is 0 Å². The van der Waals surface area contributed by atoms with Gasteiger partial charge in [0, 0.05) is 33.3 Å². The second-order valence-corrected chi connectivity index (χ2v) is 7.55. The van der Waals surface area contributed by atoms with Gasteiger partial charge in [-0.25, -0.2) is 0 Å². The molecule has 1 N–H and O–H groups in total. The van der Waals surface area contributed by atoms with Crippen LogP contribution in [0, 0.1) is 0 Å². The molecule has 6 heteroatoms. The quantitative estimate of drug-likeness (QED) is 0.352. The van der Waals surface area contributed by atoms with Gasteiger partial charge in [-0.1, -0.05) is 31.2 Å². The average Bonchev–Trinajstić information content (AvgIpc) is 3.24. The Morgan fingerprint density at radius 3 is 2.50 bits per heavy atom. The van der Waals surface area contributed by atoms with Gasteiger partial charge in [-0.3, -0.25) is 4.99 Å². The minimum atomic E-state index is 0. The molecule has 158 valence electrons. The Morgan fingerprint density at radius 2 is 1.89 bits per heavy atom. The van der Waals surface area contributed by atoms with Crippen LogP contribution >= 0.6 is 24.0 Å². The summed E-state index contributed by atoms with van der Waals surface area (Å²) in [5.41, 5.74) is 2.77. The minimum absolute atomic E-state index is 0. The first kappa shape index (κ1) is 23.4. The summed E-state index contributed by atoms with van der Waals surface area (Å²) in [5.74, 6) is 1.01. The number of hydrogen-bond acceptors (Lipinski definition) is 3. The molecular weight excluding hydrogens is 465 g/mol. The summed E-state index contributed by atoms with van der Waals surface area (Å²) in [6, 6.07) is 8.93. The van der Waals surface area contributed by atoms with Crippen molar-refractivity contribution in [3.05, 3.63) is 35.4 Å². The Balaban J connectivity index is 0.00000280. The molecule has 1 aromatic rings. The van der Waals surface area contributed by atoms with Crippen LogP contribution in [0.25, 0.3) is 0 Å². The first-order chi connectivity index (χ1) is 13.3. The molecular formula is C22H36IN3O2. The number of piperidine rings is 1. The number of aryl methyl sites for hydroxylation is 1. The van der Waals surface area contributed by atoms with Crippen LogP contribution in [0.2, 0.25) is 0 Å². The molecule has 1 atom stereocenters. The van der Waals surface area contributed by atoms with Gasteiger partial charge in [-0.05, 0) is 49.7 Å². The maximum absolute atomic E-state index is 6.07. The van der Waals surface area contributed by atoms with Crippen molar-refractivity contribution in [2.45, 2.75) is 57.7 Å². The fourth-order valence-corrected chi connectivity index (χ4v) is 3.85. The van der Waals surface area contributed by atoms with E-state index in [9.17, 15) is 0 Å². The predicted octanol–water partition coefficient (Wildman–Crippen LogP) is 3.64. The smallest absolute Gasteiger partial charge is 0.193 e. The van der Waals surface area contributed by atoms with Crippen molar-refractivity contribution in [2.24, 2.45) is 4.99 Å². The first-order valence-corrected chi connectivity index (χ1v) is 10.5. The molecule has 2 heterocycles. The van der Waals surface area contributed by atoms with E-state index in [0.29, 0.717) is 12.2 Å². The summed E-state index contributed by atoms with van der Waals surface area (Å²) in [6.45, 7) is 6.76. The van der Waals surface area contributed by atoms with Gasteiger partial charge in [0.25, 0.3) is 0 Å². The fourth-order valence-electron chi connectivity index (χ4n) is 3.85. The molecule has 0 saturated carbocycles. The molecule has 0 aromatic heterocycles. The van der Waals surface area contributed by atoms with Crippen LogP contribution in [-0.4, -0.2) is 63.0 Å². The zero-order chi connectivity index (χ0) is 18.9. The molecule has 0 aliphatic carbocycles. The molecule has 2 aliphatic heterocycles. The van der Waals surface area contributed by atoms with Crippen LogP contribution < -0.4 is 5.32 Å². The number of hydrogen-bond donors (Lipinski definition) is 1. The van der Waals surface area contributed by atoms with E-state index in [2.05, 4.69) is 46.4 Å². The fraction of sp³-hybridized carbons (Fsp3) is 0.682. The summed E-state index contributed by atoms with van der Waals surface area (Å²) in [7, 11) is 1.87. The monoisotopic (exact) mass is 501 g/mol. The third-order valence-electron chi connectivity index (χ3n) is 5.62. The zero-order valence-electron chi connectivity index (χ0n) is 17.4. The highest BCUT2D eigenvalue weighted by Crippen LogP contribution is 2.17. The Morgan fingerprint density at radius 1 is 1.18 bits per heavy atom. The first-order valence-electron chi connectivity index (χ1n) is 10.5. The summed E-state index contributed by atoms with van der Waals surface area (Å²) < 4.78 is 11.7. The van der Waals surface area contributed by atoms with Crippen molar-refractivity contribution >= 4 is 29.9 Å². The van der Waals surface area contributed by atoms with Crippen molar-refractivity contribution in [1.29, 1.82) is 0 Å². The highest BCUT2D eigenvalue weighted by atomic mass is 127. The number of ether oxygens (including phenoxy) is 2. The molecule has 0 amide bonds. The molecule has 28 heavy (non-hydrogen) atoms. The highest BCUT2D eigenvalue weighted by molar-refractivity contribution is 14.0. The number of guanidine groups is 1. The van der Waals surface area contributed by atoms with Crippen molar-refractivity contribution in [1.82, 2.24) is 10.2 Å². The lowest BCUT2D eigenvalue weighted by Gasteiger charge is -2.34. The van der Waals surface area contributed by atoms with E-state index in [0.717, 1.165) is 70.9 Å². The van der Waals surface area contributed by atoms with Gasteiger partial charge in [0.1, 0.15) is 0 Å². The largest absolute Gasteiger partial charge is 0.376 e. The van der Waals surface area contributed by atoms with Crippen molar-refractivity contribution < 1.29 is 9.47 Å². The number of nitrogens with zero attached hydrogens (tertiary/aromatic N) is 2. The minimum Gasteiger partial charge on any atom is -0.376 e. The lowest BCUT2D eigenvalue weighted by molar-refractivity contribution is -0.0367. The molecule has 1 aromatic carbocycles. The van der Waals surface area contributed by atoms with Crippen LogP contribution in [0.3, 0.4) is 0 Å². The second kappa shape index (κ2) is 12.6. The van der Waals surface area contributed by atoms with Crippen LogP contribution in [0.15, 0.2) is 29.3 Å². The third kappa shape index (κ3) is 7.19. The summed E-state index contributed by atoms with van der Waals surface area (Å²) in [6.07, 6.45) is 7.25. The predicted molar refractivity (Wildman–Crippen MR) is 126 cm³/mol. The number of aliphatic imine (C=N–C) groups is 1. The number of halogens is 1. The number of nitrogens with one attached hydrogen (secondary N) is 1. The van der Waals surface area contributed by atoms with Crippen LogP contribution in [0.5, 0.6) is 0 Å². The van der Waals surface area contributed by atoms with Crippen molar-refractivity contribution in [3.8, 4) is 0 Å². The number of likely N-dealkylation sites (tertiary alicyclic amines) is 1. The summed E-state index contributed by atoms with van der Waals surface area (Å²) in [4.78, 5) is 6.83. The van der Waals surface area contributed by atoms with Gasteiger partial charge in [-0.15, -0.1) is 24.0 Å². The lowest BCUT2D eigenvalue weighted by Crippen LogP contribution is -2.47. The Bertz CT molecular complexity index is 580. The molecule has 2 fully saturated rings. The lowest BCUT2D eigenvalue weighted by atomic mass is 10.1. The van der Waals surface area contributed by atoms with E-state index in [1.54, 1.807) is 0 Å². The topological polar surface area (TPSA) is 46.1 Å². The standard InChI is InChI=1S/C22H35N3O2.HI/c1-3-18-6-8-19(9-7-18)10-13-24-22(23-2)25-14-11-20(12-15-25)27-17-21-5-4-16-26-21;/h6-9,20-21H,3-5,10-17H2,1-2H3,(H,23,24);1H. The molecule has 5 nitrogen and oxygen atoms in total. The van der Waals surface area contributed by atoms with Crippen LogP contribution in [0.4, 0.5) is 0 Å². The third-order valence-corrected chi connectivity index (χ3v) is 5.62. The van der Waals surface area contributed by atoms with E-state index in [1.165, 1.54) is 17.5 Å². The number of benzene rings is 1. The average molecular weight is 501 g/mol. The Labute approximate surface area is 187 Å². The van der Waals surface area contributed by atoms with Gasteiger partial charge in [0.15, 0.2) is 5.96 Å². The number of rotatable bonds is 7. The molecule has 3 rings (SSSR count). The van der Waals surface area contributed by atoms with Gasteiger partial charge in [0.2, 0.25) is 0 Å². The molecule has 0 spiro atoms. The van der Waals surface area contributed by atoms with Crippen molar-refractivity contribution in [2.75, 3.05) is 39.9 Å². The highest BCUT2D eigenvalue weighted by Gasteiger charge is 2.24. The van der Waals surface area contributed by atoms with Gasteiger partial charge in [0.05, 0.1) is 18.8 Å². The van der Waals surface area contributed by atoms with Gasteiger partial charge >= 0.3 is 0 Å². The molecule has 2 aliphatic rings.